The van der Waals surface area contributed by atoms with E-state index in [0.29, 0.717) is 4.73 Å². The zero-order valence-corrected chi connectivity index (χ0v) is 16.9. The summed E-state index contributed by atoms with van der Waals surface area (Å²) in [6.45, 7) is 3.51. The number of hydrogen-bond donors (Lipinski definition) is 1. The minimum Gasteiger partial charge on any atom is -0.0312 e. The molecule has 1 aromatic rings. The van der Waals surface area contributed by atoms with Crippen molar-refractivity contribution >= 4 is 32.3 Å². The molecule has 2 saturated carbocycles. The van der Waals surface area contributed by atoms with E-state index in [-0.39, 0.29) is 23.0 Å². The molecule has 0 heterocycles. The van der Waals surface area contributed by atoms with Crippen LogP contribution < -0.4 is 5.32 Å². The second-order valence-electron chi connectivity index (χ2n) is 5.23. The largest absolute Gasteiger partial charge is 0.0312 e. The summed E-state index contributed by atoms with van der Waals surface area (Å²) >= 11 is 2.74. The van der Waals surface area contributed by atoms with Gasteiger partial charge in [0, 0.05) is 17.1 Å². The molecule has 1 aromatic carbocycles. The second-order valence-corrected chi connectivity index (χ2v) is 6.04. The fourth-order valence-corrected chi connectivity index (χ4v) is 2.73. The Hall–Kier alpha value is -0.601. The summed E-state index contributed by atoms with van der Waals surface area (Å²) in [7, 11) is 0. The number of rotatable bonds is 2. The maximum atomic E-state index is 10.9. The molecule has 0 spiro atoms. The molecule has 0 atom stereocenters. The third kappa shape index (κ3) is 8.09. The van der Waals surface area contributed by atoms with E-state index < -0.39 is 0 Å². The summed E-state index contributed by atoms with van der Waals surface area (Å²) in [5, 5.41) is 2.61. The summed E-state index contributed by atoms with van der Waals surface area (Å²) in [5.41, 5.74) is 3.17. The molecule has 0 aromatic heterocycles. The van der Waals surface area contributed by atoms with Crippen molar-refractivity contribution in [3.8, 4) is 0 Å². The molecule has 3 nitrogen and oxygen atoms in total. The van der Waals surface area contributed by atoms with Gasteiger partial charge in [0.1, 0.15) is 0 Å². The zero-order valence-electron chi connectivity index (χ0n) is 14.0. The van der Waals surface area contributed by atoms with Crippen molar-refractivity contribution < 1.29 is 21.9 Å². The van der Waals surface area contributed by atoms with Gasteiger partial charge in [0.15, 0.2) is 0 Å². The minimum atomic E-state index is -0.136. The van der Waals surface area contributed by atoms with Crippen LogP contribution in [0.5, 0.6) is 0 Å². The summed E-state index contributed by atoms with van der Waals surface area (Å²) in [6, 6.07) is 5.99. The SMILES string of the molecule is CC(=O)NC([Se])=Nc1ccc([C]2[CH][CH][CH][CH]2)c(C)c1.[CH]1[CH][CH][CH][CH]1.[Fe]. The number of carbonyl (C=O) groups excluding carboxylic acids is 1. The van der Waals surface area contributed by atoms with Crippen LogP contribution in [-0.2, 0) is 21.9 Å². The van der Waals surface area contributed by atoms with Gasteiger partial charge in [0.2, 0.25) is 0 Å². The molecule has 5 heteroatoms. The molecule has 1 amide bonds. The first-order valence-electron chi connectivity index (χ1n) is 7.59. The van der Waals surface area contributed by atoms with Gasteiger partial charge in [-0.15, -0.1) is 0 Å². The number of benzene rings is 1. The first kappa shape index (κ1) is 22.4. The molecule has 129 valence electrons. The Morgan fingerprint density at radius 1 is 1.00 bits per heavy atom. The monoisotopic (exact) mass is 439 g/mol. The molecule has 0 bridgehead atoms. The minimum absolute atomic E-state index is 0. The van der Waals surface area contributed by atoms with Crippen LogP contribution in [0.25, 0.3) is 0 Å². The quantitative estimate of drug-likeness (QED) is 0.431. The third-order valence-corrected chi connectivity index (χ3v) is 3.66. The first-order valence-corrected chi connectivity index (χ1v) is 8.44. The van der Waals surface area contributed by atoms with E-state index >= 15 is 0 Å². The van der Waals surface area contributed by atoms with Gasteiger partial charge in [-0.05, 0) is 32.1 Å². The molecule has 0 unspecified atom stereocenters. The predicted molar refractivity (Wildman–Crippen MR) is 98.9 cm³/mol. The maximum Gasteiger partial charge on any atom is 0 e. The van der Waals surface area contributed by atoms with E-state index in [9.17, 15) is 4.79 Å². The van der Waals surface area contributed by atoms with Crippen LogP contribution >= 0.6 is 0 Å². The number of carbonyl (C=O) groups is 1. The maximum absolute atomic E-state index is 10.9. The number of aliphatic imine (C=N–C) groups is 1. The van der Waals surface area contributed by atoms with Crippen LogP contribution in [0, 0.1) is 70.6 Å². The van der Waals surface area contributed by atoms with Crippen LogP contribution in [0.3, 0.4) is 0 Å². The van der Waals surface area contributed by atoms with Crippen molar-refractivity contribution in [1.82, 2.24) is 5.32 Å². The molecule has 3 rings (SSSR count). The molecule has 2 fully saturated rings. The van der Waals surface area contributed by atoms with E-state index in [4.69, 9.17) is 0 Å². The molecule has 2 aliphatic rings. The van der Waals surface area contributed by atoms with Gasteiger partial charge < -0.3 is 0 Å². The Labute approximate surface area is 171 Å². The summed E-state index contributed by atoms with van der Waals surface area (Å²) in [5.74, 6) is 1.07. The van der Waals surface area contributed by atoms with Crippen molar-refractivity contribution in [3.05, 3.63) is 93.0 Å². The van der Waals surface area contributed by atoms with E-state index in [1.54, 1.807) is 0 Å². The number of nitrogens with zero attached hydrogens (tertiary/aromatic N) is 1. The predicted octanol–water partition coefficient (Wildman–Crippen LogP) is 3.06. The van der Waals surface area contributed by atoms with Gasteiger partial charge in [-0.1, -0.05) is 0 Å². The Balaban J connectivity index is 0.000000448. The fourth-order valence-electron chi connectivity index (χ4n) is 2.21. The summed E-state index contributed by atoms with van der Waals surface area (Å²) in [6.07, 6.45) is 18.2. The smallest absolute Gasteiger partial charge is 0 e. The van der Waals surface area contributed by atoms with E-state index in [0.717, 1.165) is 11.3 Å². The number of nitrogens with one attached hydrogen (secondary N) is 1. The Morgan fingerprint density at radius 3 is 2.04 bits per heavy atom. The molecule has 0 aliphatic heterocycles. The number of aryl methyl sites for hydroxylation is 1. The fraction of sp³-hybridized carbons (Fsp3) is 0.100. The van der Waals surface area contributed by atoms with Gasteiger partial charge in [-0.2, -0.15) is 0 Å². The Kier molecular flexibility index (Phi) is 10.7. The molecular formula is C20H19FeN2OSe. The van der Waals surface area contributed by atoms with Crippen LogP contribution in [-0.4, -0.2) is 26.7 Å². The first-order chi connectivity index (χ1) is 11.6. The van der Waals surface area contributed by atoms with Crippen molar-refractivity contribution in [3.63, 3.8) is 0 Å². The Morgan fingerprint density at radius 2 is 1.56 bits per heavy atom. The number of hydrogen-bond acceptors (Lipinski definition) is 2. The molecule has 11 radical (unpaired) electrons. The van der Waals surface area contributed by atoms with Gasteiger partial charge >= 0.3 is 122 Å². The molecule has 25 heavy (non-hydrogen) atoms. The van der Waals surface area contributed by atoms with Crippen molar-refractivity contribution in [2.75, 3.05) is 0 Å². The number of amides is 1. The van der Waals surface area contributed by atoms with Crippen LogP contribution in [0.4, 0.5) is 5.69 Å². The van der Waals surface area contributed by atoms with Crippen LogP contribution in [0.1, 0.15) is 18.1 Å². The molecular weight excluding hydrogens is 419 g/mol. The van der Waals surface area contributed by atoms with Crippen molar-refractivity contribution in [1.29, 1.82) is 0 Å². The Bertz CT molecular complexity index is 571. The van der Waals surface area contributed by atoms with Gasteiger partial charge in [-0.25, -0.2) is 0 Å². The summed E-state index contributed by atoms with van der Waals surface area (Å²) < 4.78 is 0.480. The average molecular weight is 438 g/mol. The van der Waals surface area contributed by atoms with Crippen molar-refractivity contribution in [2.45, 2.75) is 13.8 Å². The van der Waals surface area contributed by atoms with E-state index in [1.165, 1.54) is 18.4 Å². The standard InChI is InChI=1S/C15H14N2OSe.C5H5.Fe/c1-10-9-13(17-15(19)16-11(2)18)7-8-14(10)12-5-3-4-6-12;1-2-4-5-3-1;/h3-9H,1-2H3,(H,16,17,18);1-5H;. The topological polar surface area (TPSA) is 41.5 Å². The van der Waals surface area contributed by atoms with Gasteiger partial charge in [-0.3, -0.25) is 0 Å². The average Bonchev–Trinajstić information content (AvgIpc) is 3.23. The third-order valence-electron chi connectivity index (χ3n) is 3.25. The second kappa shape index (κ2) is 11.9. The molecule has 2 aliphatic carbocycles. The van der Waals surface area contributed by atoms with Crippen molar-refractivity contribution in [2.24, 2.45) is 4.99 Å². The van der Waals surface area contributed by atoms with Gasteiger partial charge in [0.25, 0.3) is 0 Å². The van der Waals surface area contributed by atoms with Crippen LogP contribution in [0.2, 0.25) is 0 Å². The van der Waals surface area contributed by atoms with Gasteiger partial charge in [0.05, 0.1) is 0 Å². The van der Waals surface area contributed by atoms with E-state index in [1.807, 2.05) is 63.1 Å². The molecule has 1 N–H and O–H groups in total. The summed E-state index contributed by atoms with van der Waals surface area (Å²) in [4.78, 5) is 15.2. The van der Waals surface area contributed by atoms with E-state index in [2.05, 4.69) is 46.1 Å². The van der Waals surface area contributed by atoms with Crippen LogP contribution in [0.15, 0.2) is 23.2 Å². The zero-order chi connectivity index (χ0) is 17.4. The number of amidine groups is 1. The molecule has 0 saturated heterocycles. The normalized spacial score (nSPS) is 17.4.